The molecule has 10 atom stereocenters. The summed E-state index contributed by atoms with van der Waals surface area (Å²) in [6, 6.07) is 3.87. The molecule has 5 aliphatic rings. The summed E-state index contributed by atoms with van der Waals surface area (Å²) >= 11 is 0. The molecule has 0 amide bonds. The largest absolute Gasteiger partial charge is 1.00 e. The fourth-order valence-corrected chi connectivity index (χ4v) is 12.3. The molecule has 1 aromatic heterocycles. The van der Waals surface area contributed by atoms with Gasteiger partial charge in [-0.1, -0.05) is 72.6 Å². The highest BCUT2D eigenvalue weighted by atomic mass is 79.9. The molecule has 0 bridgehead atoms. The predicted octanol–water partition coefficient (Wildman–Crippen LogP) is 7.15. The minimum Gasteiger partial charge on any atom is -1.00 e. The van der Waals surface area contributed by atoms with E-state index in [9.17, 15) is 4.79 Å². The van der Waals surface area contributed by atoms with Crippen molar-refractivity contribution < 1.29 is 31.1 Å². The van der Waals surface area contributed by atoms with Gasteiger partial charge in [0.05, 0.1) is 0 Å². The van der Waals surface area contributed by atoms with E-state index in [1.807, 2.05) is 30.1 Å². The molecule has 250 valence electrons. The normalized spacial score (nSPS) is 43.2. The van der Waals surface area contributed by atoms with Crippen LogP contribution in [0.25, 0.3) is 0 Å². The van der Waals surface area contributed by atoms with Crippen LogP contribution in [0.2, 0.25) is 0 Å². The zero-order valence-electron chi connectivity index (χ0n) is 30.1. The second-order valence-corrected chi connectivity index (χ2v) is 18.1. The molecule has 5 aliphatic carbocycles. The summed E-state index contributed by atoms with van der Waals surface area (Å²) in [7, 11) is 0. The number of fused-ring (bicyclic) bond motifs is 7. The molecule has 4 fully saturated rings. The Balaban J connectivity index is 0.00000400. The minimum atomic E-state index is -0.169. The lowest BCUT2D eigenvalue weighted by atomic mass is 9.33. The van der Waals surface area contributed by atoms with Crippen molar-refractivity contribution in [3.63, 3.8) is 0 Å². The summed E-state index contributed by atoms with van der Waals surface area (Å²) in [5.74, 6) is 3.42. The van der Waals surface area contributed by atoms with Crippen LogP contribution in [-0.4, -0.2) is 12.1 Å². The van der Waals surface area contributed by atoms with Crippen LogP contribution in [0, 0.1) is 56.7 Å². The van der Waals surface area contributed by atoms with Gasteiger partial charge < -0.3 is 21.7 Å². The molecule has 0 aliphatic heterocycles. The molecule has 0 aromatic carbocycles. The highest BCUT2D eigenvalue weighted by Crippen LogP contribution is 2.75. The Morgan fingerprint density at radius 2 is 1.69 bits per heavy atom. The Labute approximate surface area is 285 Å². The standard InChI is InChI=1S/C41H62NO2.BrH/c1-27(2)18-25-42-24-11-12-30(26-42)36(43)44-34-17-20-39(8)32(37(34,5)6)16-21-41(10)33(39)14-13-31-35-29(4)28(3)15-19-38(35,7)22-23-40(31,41)9;/h11-13,18,24,26,28-29,32-35H,14-17,19-23,25H2,1-10H3;1H/q+1;/p-1/t28-,29+,32+,33-,34+,35+,38-,39+,40-,41-;/m1./s1. The topological polar surface area (TPSA) is 30.2 Å². The van der Waals surface area contributed by atoms with Crippen LogP contribution in [0.5, 0.6) is 0 Å². The van der Waals surface area contributed by atoms with E-state index < -0.39 is 0 Å². The first-order chi connectivity index (χ1) is 20.6. The zero-order valence-corrected chi connectivity index (χ0v) is 31.7. The summed E-state index contributed by atoms with van der Waals surface area (Å²) in [6.07, 6.45) is 20.4. The van der Waals surface area contributed by atoms with Gasteiger partial charge in [0.2, 0.25) is 0 Å². The van der Waals surface area contributed by atoms with Gasteiger partial charge in [-0.2, -0.15) is 0 Å². The molecule has 45 heavy (non-hydrogen) atoms. The molecular weight excluding hydrogens is 618 g/mol. The molecule has 0 radical (unpaired) electrons. The van der Waals surface area contributed by atoms with Crippen LogP contribution in [-0.2, 0) is 11.3 Å². The van der Waals surface area contributed by atoms with Gasteiger partial charge in [0.15, 0.2) is 18.9 Å². The predicted molar refractivity (Wildman–Crippen MR) is 180 cm³/mol. The molecule has 4 saturated carbocycles. The lowest BCUT2D eigenvalue weighted by Gasteiger charge is -2.71. The quantitative estimate of drug-likeness (QED) is 0.192. The molecule has 1 aromatic rings. The van der Waals surface area contributed by atoms with E-state index in [1.165, 1.54) is 50.5 Å². The third kappa shape index (κ3) is 5.34. The van der Waals surface area contributed by atoms with E-state index in [0.29, 0.717) is 33.6 Å². The fourth-order valence-electron chi connectivity index (χ4n) is 12.3. The lowest BCUT2D eigenvalue weighted by molar-refractivity contribution is -0.687. The van der Waals surface area contributed by atoms with Crippen LogP contribution in [0.3, 0.4) is 0 Å². The smallest absolute Gasteiger partial charge is 0.344 e. The van der Waals surface area contributed by atoms with E-state index in [-0.39, 0.29) is 39.9 Å². The number of esters is 1. The number of aromatic nitrogens is 1. The number of hydrogen-bond donors (Lipinski definition) is 0. The van der Waals surface area contributed by atoms with Crippen LogP contribution >= 0.6 is 0 Å². The Hall–Kier alpha value is -1.42. The Bertz CT molecular complexity index is 1360. The Morgan fingerprint density at radius 3 is 2.40 bits per heavy atom. The van der Waals surface area contributed by atoms with Gasteiger partial charge in [-0.3, -0.25) is 0 Å². The van der Waals surface area contributed by atoms with Crippen molar-refractivity contribution in [1.29, 1.82) is 0 Å². The molecule has 3 nitrogen and oxygen atoms in total. The molecule has 0 N–H and O–H groups in total. The summed E-state index contributed by atoms with van der Waals surface area (Å²) in [5.41, 5.74) is 5.10. The lowest BCUT2D eigenvalue weighted by Crippen LogP contribution is -3.00. The number of carbonyl (C=O) groups is 1. The monoisotopic (exact) mass is 679 g/mol. The van der Waals surface area contributed by atoms with Crippen molar-refractivity contribution in [1.82, 2.24) is 0 Å². The summed E-state index contributed by atoms with van der Waals surface area (Å²) in [5, 5.41) is 0. The van der Waals surface area contributed by atoms with E-state index in [0.717, 1.165) is 37.1 Å². The molecule has 4 heteroatoms. The van der Waals surface area contributed by atoms with E-state index in [1.54, 1.807) is 0 Å². The second-order valence-electron chi connectivity index (χ2n) is 18.1. The van der Waals surface area contributed by atoms with Crippen molar-refractivity contribution in [3.05, 3.63) is 53.4 Å². The summed E-state index contributed by atoms with van der Waals surface area (Å²) in [4.78, 5) is 13.5. The average Bonchev–Trinajstić information content (AvgIpc) is 2.96. The van der Waals surface area contributed by atoms with Gasteiger partial charge in [0.1, 0.15) is 11.7 Å². The number of rotatable bonds is 4. The maximum Gasteiger partial charge on any atom is 0.344 e. The third-order valence-electron chi connectivity index (χ3n) is 15.4. The number of hydrogen-bond acceptors (Lipinski definition) is 2. The molecule has 0 saturated heterocycles. The second kappa shape index (κ2) is 11.9. The van der Waals surface area contributed by atoms with Crippen LogP contribution < -0.4 is 21.5 Å². The molecule has 6 rings (SSSR count). The van der Waals surface area contributed by atoms with Gasteiger partial charge in [-0.25, -0.2) is 9.36 Å². The maximum absolute atomic E-state index is 13.5. The van der Waals surface area contributed by atoms with Gasteiger partial charge in [0, 0.05) is 11.5 Å². The summed E-state index contributed by atoms with van der Waals surface area (Å²) in [6.45, 7) is 25.6. The van der Waals surface area contributed by atoms with Crippen molar-refractivity contribution in [2.24, 2.45) is 56.7 Å². The van der Waals surface area contributed by atoms with Crippen molar-refractivity contribution in [2.75, 3.05) is 0 Å². The number of ether oxygens (including phenoxy) is 1. The molecule has 0 unspecified atom stereocenters. The van der Waals surface area contributed by atoms with Gasteiger partial charge in [-0.15, -0.1) is 0 Å². The van der Waals surface area contributed by atoms with Crippen LogP contribution in [0.4, 0.5) is 0 Å². The van der Waals surface area contributed by atoms with E-state index in [4.69, 9.17) is 4.74 Å². The van der Waals surface area contributed by atoms with Crippen LogP contribution in [0.1, 0.15) is 137 Å². The number of halogens is 1. The Kier molecular flexibility index (Phi) is 9.25. The molecule has 0 spiro atoms. The van der Waals surface area contributed by atoms with Crippen molar-refractivity contribution in [3.8, 4) is 0 Å². The zero-order chi connectivity index (χ0) is 31.9. The van der Waals surface area contributed by atoms with Crippen molar-refractivity contribution >= 4 is 5.97 Å². The first-order valence-corrected chi connectivity index (χ1v) is 18.1. The SMILES string of the molecule is CC(C)=CC[n+]1cccc(C(=O)O[C@H]2CC[C@]3(C)[C@H]4CC=C5[C@@H]6[C@@H](C)[C@H](C)CC[C@]6(C)CC[C@@]5(C)[C@]4(C)CC[C@H]3C2(C)C)c1.[Br-]. The number of nitrogens with zero attached hydrogens (tertiary/aromatic N) is 1. The fraction of sp³-hybridized carbons (Fsp3) is 0.756. The first kappa shape index (κ1) is 34.9. The maximum atomic E-state index is 13.5. The molecular formula is C41H62BrNO2. The van der Waals surface area contributed by atoms with Gasteiger partial charge >= 0.3 is 5.97 Å². The number of pyridine rings is 1. The van der Waals surface area contributed by atoms with Crippen LogP contribution in [0.15, 0.2) is 47.8 Å². The third-order valence-corrected chi connectivity index (χ3v) is 15.4. The molecule has 1 heterocycles. The van der Waals surface area contributed by atoms with Gasteiger partial charge in [-0.05, 0) is 135 Å². The average molecular weight is 681 g/mol. The Morgan fingerprint density at radius 1 is 0.956 bits per heavy atom. The summed E-state index contributed by atoms with van der Waals surface area (Å²) < 4.78 is 8.52. The highest BCUT2D eigenvalue weighted by Gasteiger charge is 2.68. The minimum absolute atomic E-state index is 0. The highest BCUT2D eigenvalue weighted by molar-refractivity contribution is 5.88. The number of allylic oxidation sites excluding steroid dienone is 4. The van der Waals surface area contributed by atoms with E-state index in [2.05, 4.69) is 86.0 Å². The van der Waals surface area contributed by atoms with E-state index >= 15 is 0 Å². The first-order valence-electron chi connectivity index (χ1n) is 18.1. The van der Waals surface area contributed by atoms with Gasteiger partial charge in [0.25, 0.3) is 0 Å². The number of carbonyl (C=O) groups excluding carboxylic acids is 1. The van der Waals surface area contributed by atoms with Crippen molar-refractivity contribution in [2.45, 2.75) is 140 Å².